The van der Waals surface area contributed by atoms with Gasteiger partial charge in [0.25, 0.3) is 11.6 Å². The largest absolute Gasteiger partial charge is 0.482 e. The molecule has 6 nitrogen and oxygen atoms in total. The van der Waals surface area contributed by atoms with Crippen LogP contribution in [0.3, 0.4) is 0 Å². The van der Waals surface area contributed by atoms with E-state index in [9.17, 15) is 14.9 Å². The minimum Gasteiger partial charge on any atom is -0.482 e. The topological polar surface area (TPSA) is 72.7 Å². The van der Waals surface area contributed by atoms with Crippen LogP contribution in [0, 0.1) is 10.1 Å². The second-order valence-electron chi connectivity index (χ2n) is 4.62. The van der Waals surface area contributed by atoms with Crippen molar-refractivity contribution in [2.45, 2.75) is 6.54 Å². The minimum atomic E-state index is -0.438. The van der Waals surface area contributed by atoms with Gasteiger partial charge in [0, 0.05) is 11.6 Å². The van der Waals surface area contributed by atoms with Gasteiger partial charge in [-0.15, -0.1) is 0 Å². The standard InChI is InChI=1S/C15H12N2O4/c18-15-10-21-14-8-4-3-7-13(14)16(15)9-11-5-1-2-6-12(11)17(19)20/h1-8H,9-10H2. The Hall–Kier alpha value is -2.89. The van der Waals surface area contributed by atoms with Crippen molar-refractivity contribution in [2.75, 3.05) is 11.5 Å². The predicted molar refractivity (Wildman–Crippen MR) is 76.2 cm³/mol. The van der Waals surface area contributed by atoms with Gasteiger partial charge in [0.05, 0.1) is 17.2 Å². The predicted octanol–water partition coefficient (Wildman–Crippen LogP) is 2.52. The average molecular weight is 284 g/mol. The first-order valence-corrected chi connectivity index (χ1v) is 6.41. The molecular formula is C15H12N2O4. The molecule has 1 amide bonds. The summed E-state index contributed by atoms with van der Waals surface area (Å²) in [5.41, 5.74) is 1.13. The molecule has 0 bridgehead atoms. The molecule has 0 N–H and O–H groups in total. The molecule has 0 saturated carbocycles. The molecule has 0 aliphatic carbocycles. The number of rotatable bonds is 3. The summed E-state index contributed by atoms with van der Waals surface area (Å²) in [6.07, 6.45) is 0. The Balaban J connectivity index is 1.99. The SMILES string of the molecule is O=C1COc2ccccc2N1Cc1ccccc1[N+](=O)[O-]. The van der Waals surface area contributed by atoms with Gasteiger partial charge in [-0.3, -0.25) is 14.9 Å². The molecular weight excluding hydrogens is 272 g/mol. The van der Waals surface area contributed by atoms with Crippen LogP contribution < -0.4 is 9.64 Å². The molecule has 21 heavy (non-hydrogen) atoms. The second-order valence-corrected chi connectivity index (χ2v) is 4.62. The number of para-hydroxylation sites is 3. The number of ether oxygens (including phenoxy) is 1. The van der Waals surface area contributed by atoms with Crippen molar-refractivity contribution in [1.82, 2.24) is 0 Å². The number of carbonyl (C=O) groups excluding carboxylic acids is 1. The summed E-state index contributed by atoms with van der Waals surface area (Å²) in [6.45, 7) is 0.0913. The van der Waals surface area contributed by atoms with Gasteiger partial charge in [-0.25, -0.2) is 0 Å². The summed E-state index contributed by atoms with van der Waals surface area (Å²) in [5.74, 6) is 0.391. The third-order valence-electron chi connectivity index (χ3n) is 3.33. The van der Waals surface area contributed by atoms with E-state index in [-0.39, 0.29) is 24.7 Å². The van der Waals surface area contributed by atoms with E-state index >= 15 is 0 Å². The maximum atomic E-state index is 12.1. The summed E-state index contributed by atoms with van der Waals surface area (Å²) in [6, 6.07) is 13.6. The van der Waals surface area contributed by atoms with E-state index < -0.39 is 4.92 Å². The summed E-state index contributed by atoms with van der Waals surface area (Å²) >= 11 is 0. The van der Waals surface area contributed by atoms with Crippen LogP contribution >= 0.6 is 0 Å². The second kappa shape index (κ2) is 5.24. The molecule has 1 aliphatic heterocycles. The van der Waals surface area contributed by atoms with Crippen molar-refractivity contribution in [3.8, 4) is 5.75 Å². The zero-order chi connectivity index (χ0) is 14.8. The third kappa shape index (κ3) is 2.43. The summed E-state index contributed by atoms with van der Waals surface area (Å²) < 4.78 is 5.36. The molecule has 3 rings (SSSR count). The first-order valence-electron chi connectivity index (χ1n) is 6.41. The number of fused-ring (bicyclic) bond motifs is 1. The Morgan fingerprint density at radius 3 is 2.67 bits per heavy atom. The van der Waals surface area contributed by atoms with Gasteiger partial charge in [-0.1, -0.05) is 30.3 Å². The molecule has 0 radical (unpaired) electrons. The maximum absolute atomic E-state index is 12.1. The molecule has 1 heterocycles. The Labute approximate surface area is 120 Å². The van der Waals surface area contributed by atoms with Crippen LogP contribution in [0.5, 0.6) is 5.75 Å². The Morgan fingerprint density at radius 2 is 1.86 bits per heavy atom. The number of carbonyl (C=O) groups is 1. The number of benzene rings is 2. The van der Waals surface area contributed by atoms with Gasteiger partial charge in [-0.2, -0.15) is 0 Å². The number of nitro benzene ring substituents is 1. The van der Waals surface area contributed by atoms with Gasteiger partial charge < -0.3 is 9.64 Å². The van der Waals surface area contributed by atoms with Gasteiger partial charge in [0.15, 0.2) is 6.61 Å². The lowest BCUT2D eigenvalue weighted by atomic mass is 10.1. The Bertz CT molecular complexity index is 714. The van der Waals surface area contributed by atoms with Crippen LogP contribution in [0.1, 0.15) is 5.56 Å². The van der Waals surface area contributed by atoms with Crippen molar-refractivity contribution in [1.29, 1.82) is 0 Å². The average Bonchev–Trinajstić information content (AvgIpc) is 2.50. The fourth-order valence-corrected chi connectivity index (χ4v) is 2.32. The highest BCUT2D eigenvalue weighted by Gasteiger charge is 2.27. The lowest BCUT2D eigenvalue weighted by Crippen LogP contribution is -2.38. The third-order valence-corrected chi connectivity index (χ3v) is 3.33. The van der Waals surface area contributed by atoms with Crippen molar-refractivity contribution < 1.29 is 14.5 Å². The summed E-state index contributed by atoms with van der Waals surface area (Å²) in [7, 11) is 0. The van der Waals surface area contributed by atoms with Gasteiger partial charge in [-0.05, 0) is 12.1 Å². The van der Waals surface area contributed by atoms with E-state index in [2.05, 4.69) is 0 Å². The maximum Gasteiger partial charge on any atom is 0.274 e. The van der Waals surface area contributed by atoms with Gasteiger partial charge in [0.1, 0.15) is 5.75 Å². The number of nitrogens with zero attached hydrogens (tertiary/aromatic N) is 2. The van der Waals surface area contributed by atoms with Crippen molar-refractivity contribution in [2.24, 2.45) is 0 Å². The van der Waals surface area contributed by atoms with Crippen molar-refractivity contribution >= 4 is 17.3 Å². The monoisotopic (exact) mass is 284 g/mol. The summed E-state index contributed by atoms with van der Waals surface area (Å²) in [4.78, 5) is 24.2. The minimum absolute atomic E-state index is 0.00859. The van der Waals surface area contributed by atoms with Crippen LogP contribution in [-0.4, -0.2) is 17.4 Å². The molecule has 2 aromatic carbocycles. The number of hydrogen-bond donors (Lipinski definition) is 0. The number of anilines is 1. The molecule has 0 atom stereocenters. The molecule has 0 fully saturated rings. The fourth-order valence-electron chi connectivity index (χ4n) is 2.32. The van der Waals surface area contributed by atoms with Crippen molar-refractivity contribution in [3.63, 3.8) is 0 Å². The molecule has 0 spiro atoms. The van der Waals surface area contributed by atoms with Crippen molar-refractivity contribution in [3.05, 3.63) is 64.2 Å². The highest BCUT2D eigenvalue weighted by atomic mass is 16.6. The van der Waals surface area contributed by atoms with Crippen LogP contribution in [0.15, 0.2) is 48.5 Å². The van der Waals surface area contributed by atoms with Crippen LogP contribution in [0.25, 0.3) is 0 Å². The molecule has 6 heteroatoms. The number of amides is 1. The van der Waals surface area contributed by atoms with E-state index in [0.29, 0.717) is 17.0 Å². The molecule has 1 aliphatic rings. The first-order chi connectivity index (χ1) is 10.2. The lowest BCUT2D eigenvalue weighted by Gasteiger charge is -2.29. The Morgan fingerprint density at radius 1 is 1.14 bits per heavy atom. The van der Waals surface area contributed by atoms with E-state index in [4.69, 9.17) is 4.74 Å². The van der Waals surface area contributed by atoms with Crippen LogP contribution in [0.2, 0.25) is 0 Å². The van der Waals surface area contributed by atoms with Gasteiger partial charge in [0.2, 0.25) is 0 Å². The molecule has 0 unspecified atom stereocenters. The quantitative estimate of drug-likeness (QED) is 0.641. The summed E-state index contributed by atoms with van der Waals surface area (Å²) in [5, 5.41) is 11.1. The fraction of sp³-hybridized carbons (Fsp3) is 0.133. The number of hydrogen-bond acceptors (Lipinski definition) is 4. The highest BCUT2D eigenvalue weighted by Crippen LogP contribution is 2.33. The zero-order valence-electron chi connectivity index (χ0n) is 11.1. The Kier molecular flexibility index (Phi) is 3.27. The van der Waals surface area contributed by atoms with E-state index in [1.165, 1.54) is 11.0 Å². The smallest absolute Gasteiger partial charge is 0.274 e. The molecule has 0 aromatic heterocycles. The van der Waals surface area contributed by atoms with Gasteiger partial charge >= 0.3 is 0 Å². The van der Waals surface area contributed by atoms with E-state index in [0.717, 1.165) is 0 Å². The lowest BCUT2D eigenvalue weighted by molar-refractivity contribution is -0.385. The van der Waals surface area contributed by atoms with E-state index in [1.807, 2.05) is 6.07 Å². The highest BCUT2D eigenvalue weighted by molar-refractivity contribution is 5.97. The first kappa shape index (κ1) is 13.1. The zero-order valence-corrected chi connectivity index (χ0v) is 11.1. The molecule has 2 aromatic rings. The van der Waals surface area contributed by atoms with Crippen LogP contribution in [-0.2, 0) is 11.3 Å². The normalized spacial score (nSPS) is 13.5. The molecule has 106 valence electrons. The van der Waals surface area contributed by atoms with E-state index in [1.54, 1.807) is 36.4 Å². The molecule has 0 saturated heterocycles. The van der Waals surface area contributed by atoms with Crippen LogP contribution in [0.4, 0.5) is 11.4 Å². The number of nitro groups is 1.